The van der Waals surface area contributed by atoms with Crippen molar-refractivity contribution < 1.29 is 0 Å². The van der Waals surface area contributed by atoms with Gasteiger partial charge in [0, 0.05) is 0 Å². The molecule has 0 aromatic rings. The maximum atomic E-state index is 9.18. The summed E-state index contributed by atoms with van der Waals surface area (Å²) in [5.74, 6) is 0. The summed E-state index contributed by atoms with van der Waals surface area (Å²) in [6.45, 7) is 0. The van der Waals surface area contributed by atoms with E-state index in [1.54, 1.807) is 42.5 Å². The number of hydrogen-bond acceptors (Lipinski definition) is 7. The molecule has 7 nitrogen and oxygen atoms in total. The van der Waals surface area contributed by atoms with E-state index in [4.69, 9.17) is 31.6 Å². The van der Waals surface area contributed by atoms with Crippen LogP contribution in [0.2, 0.25) is 0 Å². The number of rotatable bonds is 0. The molecule has 0 saturated carbocycles. The van der Waals surface area contributed by atoms with Gasteiger partial charge in [0.05, 0.1) is 39.0 Å². The second-order valence-electron chi connectivity index (χ2n) is 3.63. The Morgan fingerprint density at radius 1 is 0.455 bits per heavy atom. The van der Waals surface area contributed by atoms with Crippen molar-refractivity contribution in [1.82, 2.24) is 0 Å². The van der Waals surface area contributed by atoms with Crippen molar-refractivity contribution in [2.75, 3.05) is 0 Å². The van der Waals surface area contributed by atoms with Gasteiger partial charge in [-0.15, -0.1) is 0 Å². The Balaban J connectivity index is 4.23. The topological polar surface area (TPSA) is 167 Å². The van der Waals surface area contributed by atoms with E-state index in [1.807, 2.05) is 0 Å². The van der Waals surface area contributed by atoms with E-state index in [2.05, 4.69) is 0 Å². The molecule has 22 heavy (non-hydrogen) atoms. The normalized spacial score (nSPS) is 26.0. The number of nitriles is 7. The molecular weight excluding hydrogens is 278 g/mol. The van der Waals surface area contributed by atoms with Gasteiger partial charge in [0.2, 0.25) is 0 Å². The minimum Gasteiger partial charge on any atom is -0.192 e. The fourth-order valence-electron chi connectivity index (χ4n) is 1.68. The molecular formula is C15HN7. The first-order valence-electron chi connectivity index (χ1n) is 5.39. The standard InChI is InChI=1S/C15HN7/c16-2-9-1-10(3-17)12(5-19)14(7-21)15(8-22)13(6-20)11(9)4-18/h1H/b9-1-,10-1?,11-9?,12-10+,13-11-,14-12?,15-13?,15-14-. The molecule has 0 aromatic heterocycles. The van der Waals surface area contributed by atoms with Crippen LogP contribution in [0.3, 0.4) is 0 Å². The highest BCUT2D eigenvalue weighted by molar-refractivity contribution is 5.75. The van der Waals surface area contributed by atoms with Gasteiger partial charge in [0.1, 0.15) is 42.5 Å². The van der Waals surface area contributed by atoms with Crippen LogP contribution in [-0.2, 0) is 0 Å². The molecule has 0 fully saturated rings. The first-order valence-corrected chi connectivity index (χ1v) is 5.39. The SMILES string of the molecule is N#CC1=C(C#N)/C(C#N)=C(C#N)\C(C#N)=C(C#N)/C(C#N)=C\1. The predicted molar refractivity (Wildman–Crippen MR) is 68.5 cm³/mol. The van der Waals surface area contributed by atoms with E-state index >= 15 is 0 Å². The van der Waals surface area contributed by atoms with Gasteiger partial charge < -0.3 is 0 Å². The largest absolute Gasteiger partial charge is 0.192 e. The summed E-state index contributed by atoms with van der Waals surface area (Å²) in [5.41, 5.74) is -3.04. The zero-order chi connectivity index (χ0) is 16.7. The minimum absolute atomic E-state index is 0.340. The molecule has 1 rings (SSSR count). The lowest BCUT2D eigenvalue weighted by atomic mass is 9.86. The number of allylic oxidation sites excluding steroid dienone is 8. The van der Waals surface area contributed by atoms with E-state index in [1.165, 1.54) is 0 Å². The molecule has 0 N–H and O–H groups in total. The van der Waals surface area contributed by atoms with Crippen LogP contribution in [0.25, 0.3) is 0 Å². The van der Waals surface area contributed by atoms with Crippen molar-refractivity contribution in [3.05, 3.63) is 45.1 Å². The van der Waals surface area contributed by atoms with Crippen molar-refractivity contribution in [2.24, 2.45) is 0 Å². The van der Waals surface area contributed by atoms with E-state index in [0.717, 1.165) is 6.08 Å². The third-order valence-electron chi connectivity index (χ3n) is 2.63. The summed E-state index contributed by atoms with van der Waals surface area (Å²) in [7, 11) is 0. The van der Waals surface area contributed by atoms with Crippen LogP contribution < -0.4 is 0 Å². The van der Waals surface area contributed by atoms with Crippen LogP contribution in [0.1, 0.15) is 0 Å². The fraction of sp³-hybridized carbons (Fsp3) is 0. The van der Waals surface area contributed by atoms with Gasteiger partial charge in [0.15, 0.2) is 0 Å². The summed E-state index contributed by atoms with van der Waals surface area (Å²) in [6.07, 6.45) is 0.944. The molecule has 0 heterocycles. The lowest BCUT2D eigenvalue weighted by molar-refractivity contribution is 1.30. The molecule has 0 radical (unpaired) electrons. The highest BCUT2D eigenvalue weighted by Gasteiger charge is 2.25. The zero-order valence-corrected chi connectivity index (χ0v) is 10.7. The molecule has 0 saturated heterocycles. The van der Waals surface area contributed by atoms with Crippen molar-refractivity contribution >= 4 is 0 Å². The number of hydrogen-bond donors (Lipinski definition) is 0. The Kier molecular flexibility index (Phi) is 4.58. The molecule has 0 aromatic carbocycles. The Labute approximate surface area is 125 Å². The van der Waals surface area contributed by atoms with Crippen LogP contribution in [0, 0.1) is 79.3 Å². The molecule has 0 unspecified atom stereocenters. The Bertz CT molecular complexity index is 970. The maximum Gasteiger partial charge on any atom is 0.102 e. The van der Waals surface area contributed by atoms with Gasteiger partial charge in [0.25, 0.3) is 0 Å². The second kappa shape index (κ2) is 6.53. The summed E-state index contributed by atoms with van der Waals surface area (Å²) in [6, 6.07) is 11.3. The monoisotopic (exact) mass is 279 g/mol. The molecule has 0 bridgehead atoms. The summed E-state index contributed by atoms with van der Waals surface area (Å²) in [5, 5.41) is 64.0. The first kappa shape index (κ1) is 15.4. The van der Waals surface area contributed by atoms with Crippen LogP contribution in [0.5, 0.6) is 0 Å². The van der Waals surface area contributed by atoms with Gasteiger partial charge in [-0.25, -0.2) is 0 Å². The molecule has 0 spiro atoms. The maximum absolute atomic E-state index is 9.18. The van der Waals surface area contributed by atoms with Crippen molar-refractivity contribution in [2.45, 2.75) is 0 Å². The lowest BCUT2D eigenvalue weighted by Gasteiger charge is -2.08. The molecule has 96 valence electrons. The Morgan fingerprint density at radius 3 is 1.23 bits per heavy atom. The average molecular weight is 279 g/mol. The molecule has 0 amide bonds. The fourth-order valence-corrected chi connectivity index (χ4v) is 1.68. The summed E-state index contributed by atoms with van der Waals surface area (Å²) < 4.78 is 0. The van der Waals surface area contributed by atoms with E-state index in [-0.39, 0.29) is 11.1 Å². The van der Waals surface area contributed by atoms with E-state index in [9.17, 15) is 5.26 Å². The second-order valence-corrected chi connectivity index (χ2v) is 3.63. The van der Waals surface area contributed by atoms with Crippen LogP contribution in [0.15, 0.2) is 45.1 Å². The predicted octanol–water partition coefficient (Wildman–Crippen LogP) is 1.48. The Morgan fingerprint density at radius 2 is 0.864 bits per heavy atom. The molecule has 0 atom stereocenters. The third-order valence-corrected chi connectivity index (χ3v) is 2.63. The molecule has 1 aliphatic carbocycles. The lowest BCUT2D eigenvalue weighted by Crippen LogP contribution is -2.04. The highest BCUT2D eigenvalue weighted by Crippen LogP contribution is 2.30. The van der Waals surface area contributed by atoms with Gasteiger partial charge in [-0.1, -0.05) is 0 Å². The van der Waals surface area contributed by atoms with Crippen molar-refractivity contribution in [3.63, 3.8) is 0 Å². The van der Waals surface area contributed by atoms with Crippen molar-refractivity contribution in [3.8, 4) is 42.5 Å². The number of nitrogens with zero attached hydrogens (tertiary/aromatic N) is 7. The van der Waals surface area contributed by atoms with E-state index < -0.39 is 27.9 Å². The van der Waals surface area contributed by atoms with Crippen molar-refractivity contribution in [1.29, 1.82) is 36.8 Å². The first-order chi connectivity index (χ1) is 10.6. The average Bonchev–Trinajstić information content (AvgIpc) is 2.55. The van der Waals surface area contributed by atoms with Gasteiger partial charge >= 0.3 is 0 Å². The minimum atomic E-state index is -0.522. The summed E-state index contributed by atoms with van der Waals surface area (Å²) in [4.78, 5) is 0. The van der Waals surface area contributed by atoms with Gasteiger partial charge in [-0.05, 0) is 6.08 Å². The van der Waals surface area contributed by atoms with Crippen LogP contribution in [0.4, 0.5) is 0 Å². The van der Waals surface area contributed by atoms with Crippen LogP contribution in [-0.4, -0.2) is 0 Å². The third kappa shape index (κ3) is 2.28. The van der Waals surface area contributed by atoms with E-state index in [0.29, 0.717) is 0 Å². The van der Waals surface area contributed by atoms with Gasteiger partial charge in [-0.2, -0.15) is 36.8 Å². The van der Waals surface area contributed by atoms with Gasteiger partial charge in [-0.3, -0.25) is 0 Å². The molecule has 0 aliphatic heterocycles. The quantitative estimate of drug-likeness (QED) is 0.646. The Hall–Kier alpha value is -4.61. The zero-order valence-electron chi connectivity index (χ0n) is 10.7. The molecule has 7 heteroatoms. The smallest absolute Gasteiger partial charge is 0.102 e. The van der Waals surface area contributed by atoms with Crippen LogP contribution >= 0.6 is 0 Å². The summed E-state index contributed by atoms with van der Waals surface area (Å²) >= 11 is 0. The highest BCUT2D eigenvalue weighted by atomic mass is 14.4. The molecule has 1 aliphatic rings.